The molecule has 0 amide bonds. The molecule has 1 heterocycles. The normalized spacial score (nSPS) is 19.9. The van der Waals surface area contributed by atoms with Crippen molar-refractivity contribution in [3.63, 3.8) is 0 Å². The zero-order valence-corrected chi connectivity index (χ0v) is 13.7. The molecule has 1 aliphatic heterocycles. The van der Waals surface area contributed by atoms with Crippen molar-refractivity contribution in [2.75, 3.05) is 39.8 Å². The van der Waals surface area contributed by atoms with Crippen LogP contribution in [0, 0.1) is 0 Å². The molecule has 0 aromatic heterocycles. The van der Waals surface area contributed by atoms with Crippen LogP contribution in [-0.4, -0.2) is 60.7 Å². The molecule has 4 nitrogen and oxygen atoms in total. The highest BCUT2D eigenvalue weighted by Gasteiger charge is 2.20. The van der Waals surface area contributed by atoms with Crippen molar-refractivity contribution in [1.29, 1.82) is 0 Å². The van der Waals surface area contributed by atoms with Gasteiger partial charge in [0.2, 0.25) is 0 Å². The molecule has 2 rings (SSSR count). The number of ether oxygens (including phenoxy) is 1. The minimum absolute atomic E-state index is 0.294. The molecule has 5 heteroatoms. The smallest absolute Gasteiger partial charge is 0.103 e. The van der Waals surface area contributed by atoms with Crippen LogP contribution in [0.15, 0.2) is 24.3 Å². The minimum Gasteiger partial charge on any atom is -0.389 e. The number of thiocarbonyl (C=S) groups is 1. The van der Waals surface area contributed by atoms with Crippen LogP contribution < -0.4 is 5.73 Å². The van der Waals surface area contributed by atoms with Crippen molar-refractivity contribution >= 4 is 17.2 Å². The van der Waals surface area contributed by atoms with E-state index < -0.39 is 0 Å². The Balaban J connectivity index is 1.88. The number of nitrogens with two attached hydrogens (primary N) is 1. The molecule has 0 radical (unpaired) electrons. The molecule has 116 valence electrons. The van der Waals surface area contributed by atoms with Crippen LogP contribution in [0.2, 0.25) is 0 Å². The van der Waals surface area contributed by atoms with E-state index in [4.69, 9.17) is 22.7 Å². The summed E-state index contributed by atoms with van der Waals surface area (Å²) in [6, 6.07) is 8.14. The van der Waals surface area contributed by atoms with Gasteiger partial charge >= 0.3 is 0 Å². The highest BCUT2D eigenvalue weighted by atomic mass is 32.1. The minimum atomic E-state index is 0.294. The fraction of sp³-hybridized carbons (Fsp3) is 0.562. The van der Waals surface area contributed by atoms with Crippen LogP contribution in [0.3, 0.4) is 0 Å². The second kappa shape index (κ2) is 7.84. The number of nitrogens with zero attached hydrogens (tertiary/aromatic N) is 2. The zero-order valence-electron chi connectivity index (χ0n) is 12.9. The zero-order chi connectivity index (χ0) is 15.2. The van der Waals surface area contributed by atoms with E-state index in [0.29, 0.717) is 11.1 Å². The molecule has 21 heavy (non-hydrogen) atoms. The van der Waals surface area contributed by atoms with Gasteiger partial charge in [-0.2, -0.15) is 0 Å². The van der Waals surface area contributed by atoms with Gasteiger partial charge in [-0.3, -0.25) is 9.80 Å². The summed E-state index contributed by atoms with van der Waals surface area (Å²) in [4.78, 5) is 5.19. The molecular weight excluding hydrogens is 282 g/mol. The lowest BCUT2D eigenvalue weighted by Crippen LogP contribution is -2.46. The summed E-state index contributed by atoms with van der Waals surface area (Å²) >= 11 is 5.03. The Morgan fingerprint density at radius 1 is 1.52 bits per heavy atom. The Bertz CT molecular complexity index is 480. The first kappa shape index (κ1) is 16.4. The molecule has 1 fully saturated rings. The molecule has 2 N–H and O–H groups in total. The molecule has 0 aliphatic carbocycles. The Morgan fingerprint density at radius 3 is 3.05 bits per heavy atom. The SMILES string of the molecule is CCN1CCOC(CN(C)Cc2cccc(C(N)=S)c2)C1. The summed E-state index contributed by atoms with van der Waals surface area (Å²) in [7, 11) is 2.13. The fourth-order valence-electron chi connectivity index (χ4n) is 2.72. The van der Waals surface area contributed by atoms with Gasteiger partial charge in [-0.1, -0.05) is 37.3 Å². The summed E-state index contributed by atoms with van der Waals surface area (Å²) in [5, 5.41) is 0. The molecule has 0 spiro atoms. The van der Waals surface area contributed by atoms with E-state index in [2.05, 4.69) is 35.9 Å². The number of rotatable bonds is 6. The first-order valence-electron chi connectivity index (χ1n) is 7.49. The van der Waals surface area contributed by atoms with Gasteiger partial charge in [-0.25, -0.2) is 0 Å². The van der Waals surface area contributed by atoms with E-state index in [1.165, 1.54) is 5.56 Å². The second-order valence-corrected chi connectivity index (χ2v) is 6.09. The Labute approximate surface area is 132 Å². The Kier molecular flexibility index (Phi) is 6.11. The summed E-state index contributed by atoms with van der Waals surface area (Å²) in [5.74, 6) is 0. The van der Waals surface area contributed by atoms with E-state index in [0.717, 1.165) is 44.9 Å². The first-order chi connectivity index (χ1) is 10.1. The summed E-state index contributed by atoms with van der Waals surface area (Å²) < 4.78 is 5.86. The summed E-state index contributed by atoms with van der Waals surface area (Å²) in [5.41, 5.74) is 7.85. The largest absolute Gasteiger partial charge is 0.389 e. The van der Waals surface area contributed by atoms with Gasteiger partial charge in [0.15, 0.2) is 0 Å². The number of hydrogen-bond donors (Lipinski definition) is 1. The monoisotopic (exact) mass is 307 g/mol. The maximum absolute atomic E-state index is 5.86. The maximum atomic E-state index is 5.86. The Hall–Kier alpha value is -1.01. The number of likely N-dealkylation sites (N-methyl/N-ethyl adjacent to an activating group) is 2. The third kappa shape index (κ3) is 5.04. The average molecular weight is 307 g/mol. The van der Waals surface area contributed by atoms with E-state index >= 15 is 0 Å². The van der Waals surface area contributed by atoms with Gasteiger partial charge in [0.1, 0.15) is 4.99 Å². The average Bonchev–Trinajstić information content (AvgIpc) is 2.47. The fourth-order valence-corrected chi connectivity index (χ4v) is 2.85. The van der Waals surface area contributed by atoms with Crippen molar-refractivity contribution < 1.29 is 4.74 Å². The van der Waals surface area contributed by atoms with Crippen LogP contribution in [0.1, 0.15) is 18.1 Å². The molecular formula is C16H25N3OS. The molecule has 0 saturated carbocycles. The molecule has 1 aliphatic rings. The second-order valence-electron chi connectivity index (χ2n) is 5.65. The van der Waals surface area contributed by atoms with Gasteiger partial charge in [-0.15, -0.1) is 0 Å². The van der Waals surface area contributed by atoms with Crippen LogP contribution in [0.4, 0.5) is 0 Å². The van der Waals surface area contributed by atoms with Gasteiger partial charge in [0.25, 0.3) is 0 Å². The van der Waals surface area contributed by atoms with Gasteiger partial charge < -0.3 is 10.5 Å². The lowest BCUT2D eigenvalue weighted by molar-refractivity contribution is -0.0397. The van der Waals surface area contributed by atoms with Crippen molar-refractivity contribution in [2.45, 2.75) is 19.6 Å². The number of benzene rings is 1. The summed E-state index contributed by atoms with van der Waals surface area (Å²) in [6.07, 6.45) is 0.294. The molecule has 1 aromatic rings. The van der Waals surface area contributed by atoms with Crippen molar-refractivity contribution in [1.82, 2.24) is 9.80 Å². The predicted molar refractivity (Wildman–Crippen MR) is 90.5 cm³/mol. The molecule has 1 unspecified atom stereocenters. The van der Waals surface area contributed by atoms with E-state index in [1.54, 1.807) is 0 Å². The van der Waals surface area contributed by atoms with Gasteiger partial charge in [0, 0.05) is 31.7 Å². The Morgan fingerprint density at radius 2 is 2.33 bits per heavy atom. The highest BCUT2D eigenvalue weighted by molar-refractivity contribution is 7.80. The van der Waals surface area contributed by atoms with E-state index in [9.17, 15) is 0 Å². The van der Waals surface area contributed by atoms with Crippen LogP contribution >= 0.6 is 12.2 Å². The molecule has 1 aromatic carbocycles. The van der Waals surface area contributed by atoms with Gasteiger partial charge in [-0.05, 0) is 25.2 Å². The molecule has 1 atom stereocenters. The van der Waals surface area contributed by atoms with Crippen LogP contribution in [0.25, 0.3) is 0 Å². The lowest BCUT2D eigenvalue weighted by Gasteiger charge is -2.34. The number of morpholine rings is 1. The van der Waals surface area contributed by atoms with E-state index in [-0.39, 0.29) is 0 Å². The summed E-state index contributed by atoms with van der Waals surface area (Å²) in [6.45, 7) is 8.02. The van der Waals surface area contributed by atoms with Crippen LogP contribution in [0.5, 0.6) is 0 Å². The van der Waals surface area contributed by atoms with Crippen LogP contribution in [-0.2, 0) is 11.3 Å². The standard InChI is InChI=1S/C16H25N3OS/c1-3-19-7-8-20-15(12-19)11-18(2)10-13-5-4-6-14(9-13)16(17)21/h4-6,9,15H,3,7-8,10-12H2,1-2H3,(H2,17,21). The third-order valence-corrected chi connectivity index (χ3v) is 4.09. The van der Waals surface area contributed by atoms with Gasteiger partial charge in [0.05, 0.1) is 12.7 Å². The predicted octanol–water partition coefficient (Wildman–Crippen LogP) is 1.47. The maximum Gasteiger partial charge on any atom is 0.103 e. The van der Waals surface area contributed by atoms with Crippen molar-refractivity contribution in [3.8, 4) is 0 Å². The highest BCUT2D eigenvalue weighted by Crippen LogP contribution is 2.10. The quantitative estimate of drug-likeness (QED) is 0.806. The van der Waals surface area contributed by atoms with E-state index in [1.807, 2.05) is 12.1 Å². The van der Waals surface area contributed by atoms with Crippen molar-refractivity contribution in [2.24, 2.45) is 5.73 Å². The first-order valence-corrected chi connectivity index (χ1v) is 7.90. The third-order valence-electron chi connectivity index (χ3n) is 3.85. The van der Waals surface area contributed by atoms with Crippen molar-refractivity contribution in [3.05, 3.63) is 35.4 Å². The molecule has 1 saturated heterocycles. The lowest BCUT2D eigenvalue weighted by atomic mass is 10.1. The topological polar surface area (TPSA) is 41.7 Å². The number of hydrogen-bond acceptors (Lipinski definition) is 4. The molecule has 0 bridgehead atoms.